The Hall–Kier alpha value is -0.890. The lowest BCUT2D eigenvalue weighted by molar-refractivity contribution is 0.00304. The maximum Gasteiger partial charge on any atom is 0.503 e. The Bertz CT molecular complexity index is 150. The molecule has 104 valence electrons. The molecule has 0 amide bonds. The van der Waals surface area contributed by atoms with Crippen molar-refractivity contribution in [2.75, 3.05) is 33.0 Å². The zero-order valence-electron chi connectivity index (χ0n) is 10.0. The highest BCUT2D eigenvalue weighted by atomic mass is 16.6. The van der Waals surface area contributed by atoms with Crippen LogP contribution in [0, 0.1) is 5.41 Å². The fraction of sp³-hybridized carbons (Fsp3) is 0.900. The molecule has 0 unspecified atom stereocenters. The Labute approximate surface area is 100 Å². The first-order valence-corrected chi connectivity index (χ1v) is 5.30. The highest BCUT2D eigenvalue weighted by molar-refractivity contribution is 5.53. The SMILES string of the molecule is C1COC1.CCC(CO)(CO)CO.O=C(O)O. The Morgan fingerprint density at radius 2 is 1.35 bits per heavy atom. The smallest absolute Gasteiger partial charge is 0.450 e. The maximum absolute atomic E-state index is 8.66. The molecule has 0 aromatic carbocycles. The molecule has 7 heteroatoms. The number of hydrogen-bond acceptors (Lipinski definition) is 5. The molecular formula is C10H22O7. The minimum atomic E-state index is -1.83. The van der Waals surface area contributed by atoms with Gasteiger partial charge in [0.05, 0.1) is 19.8 Å². The number of carbonyl (C=O) groups is 1. The van der Waals surface area contributed by atoms with Crippen molar-refractivity contribution in [1.29, 1.82) is 0 Å². The number of aliphatic hydroxyl groups excluding tert-OH is 3. The first-order chi connectivity index (χ1) is 7.97. The van der Waals surface area contributed by atoms with E-state index in [9.17, 15) is 0 Å². The fourth-order valence-electron chi connectivity index (χ4n) is 0.630. The predicted molar refractivity (Wildman–Crippen MR) is 60.1 cm³/mol. The van der Waals surface area contributed by atoms with Crippen molar-refractivity contribution in [1.82, 2.24) is 0 Å². The van der Waals surface area contributed by atoms with Gasteiger partial charge in [0.15, 0.2) is 0 Å². The van der Waals surface area contributed by atoms with Gasteiger partial charge in [-0.05, 0) is 12.8 Å². The van der Waals surface area contributed by atoms with Crippen LogP contribution in [0.1, 0.15) is 19.8 Å². The normalized spacial score (nSPS) is 13.4. The second-order valence-corrected chi connectivity index (χ2v) is 3.58. The highest BCUT2D eigenvalue weighted by Crippen LogP contribution is 2.18. The zero-order chi connectivity index (χ0) is 13.7. The fourth-order valence-corrected chi connectivity index (χ4v) is 0.630. The number of carboxylic acid groups (broad SMARTS) is 2. The van der Waals surface area contributed by atoms with Crippen molar-refractivity contribution in [3.8, 4) is 0 Å². The van der Waals surface area contributed by atoms with E-state index in [1.54, 1.807) is 0 Å². The molecule has 0 aliphatic carbocycles. The van der Waals surface area contributed by atoms with E-state index in [2.05, 4.69) is 0 Å². The number of aliphatic hydroxyl groups is 3. The van der Waals surface area contributed by atoms with Crippen molar-refractivity contribution in [3.63, 3.8) is 0 Å². The molecule has 1 rings (SSSR count). The monoisotopic (exact) mass is 254 g/mol. The minimum absolute atomic E-state index is 0.156. The van der Waals surface area contributed by atoms with Gasteiger partial charge >= 0.3 is 6.16 Å². The molecule has 1 aliphatic rings. The molecule has 1 heterocycles. The lowest BCUT2D eigenvalue weighted by Gasteiger charge is -2.24. The third-order valence-corrected chi connectivity index (χ3v) is 2.33. The second-order valence-electron chi connectivity index (χ2n) is 3.58. The van der Waals surface area contributed by atoms with Crippen molar-refractivity contribution in [2.45, 2.75) is 19.8 Å². The van der Waals surface area contributed by atoms with Crippen molar-refractivity contribution < 1.29 is 35.1 Å². The van der Waals surface area contributed by atoms with Gasteiger partial charge in [0.1, 0.15) is 0 Å². The number of ether oxygens (including phenoxy) is 1. The summed E-state index contributed by atoms with van der Waals surface area (Å²) in [5.41, 5.74) is -0.667. The van der Waals surface area contributed by atoms with Gasteiger partial charge in [-0.1, -0.05) is 6.92 Å². The van der Waals surface area contributed by atoms with Gasteiger partial charge in [-0.25, -0.2) is 4.79 Å². The van der Waals surface area contributed by atoms with Crippen molar-refractivity contribution >= 4 is 6.16 Å². The van der Waals surface area contributed by atoms with Crippen LogP contribution in [0.25, 0.3) is 0 Å². The summed E-state index contributed by atoms with van der Waals surface area (Å²) in [5.74, 6) is 0. The highest BCUT2D eigenvalue weighted by Gasteiger charge is 2.24. The van der Waals surface area contributed by atoms with Crippen molar-refractivity contribution in [3.05, 3.63) is 0 Å². The van der Waals surface area contributed by atoms with Crippen LogP contribution in [0.2, 0.25) is 0 Å². The number of hydrogen-bond donors (Lipinski definition) is 5. The van der Waals surface area contributed by atoms with E-state index in [0.717, 1.165) is 13.2 Å². The van der Waals surface area contributed by atoms with E-state index in [4.69, 9.17) is 35.1 Å². The van der Waals surface area contributed by atoms with Crippen LogP contribution in [0.4, 0.5) is 4.79 Å². The molecule has 17 heavy (non-hydrogen) atoms. The molecule has 0 bridgehead atoms. The standard InChI is InChI=1S/C6H14O3.C3H6O.CH2O3/c1-2-6(3-7,4-8)5-9;1-2-4-3-1;2-1(3)4/h7-9H,2-5H2,1H3;1-3H2;(H2,2,3,4). The molecule has 7 nitrogen and oxygen atoms in total. The van der Waals surface area contributed by atoms with Crippen LogP contribution in [-0.4, -0.2) is 64.7 Å². The summed E-state index contributed by atoms with van der Waals surface area (Å²) >= 11 is 0. The third-order valence-electron chi connectivity index (χ3n) is 2.33. The van der Waals surface area contributed by atoms with E-state index in [-0.39, 0.29) is 19.8 Å². The molecule has 1 aliphatic heterocycles. The third kappa shape index (κ3) is 11.4. The van der Waals surface area contributed by atoms with E-state index in [1.165, 1.54) is 6.42 Å². The van der Waals surface area contributed by atoms with Gasteiger partial charge in [-0.3, -0.25) is 0 Å². The van der Waals surface area contributed by atoms with Crippen LogP contribution in [0.5, 0.6) is 0 Å². The molecule has 0 spiro atoms. The summed E-state index contributed by atoms with van der Waals surface area (Å²) in [7, 11) is 0. The molecular weight excluding hydrogens is 232 g/mol. The minimum Gasteiger partial charge on any atom is -0.450 e. The van der Waals surface area contributed by atoms with E-state index < -0.39 is 11.6 Å². The summed E-state index contributed by atoms with van der Waals surface area (Å²) in [6.07, 6.45) is 0.0382. The Morgan fingerprint density at radius 3 is 1.35 bits per heavy atom. The lowest BCUT2D eigenvalue weighted by atomic mass is 9.88. The van der Waals surface area contributed by atoms with Crippen LogP contribution < -0.4 is 0 Å². The van der Waals surface area contributed by atoms with Gasteiger partial charge < -0.3 is 30.3 Å². The van der Waals surface area contributed by atoms with Crippen LogP contribution in [-0.2, 0) is 4.74 Å². The lowest BCUT2D eigenvalue weighted by Crippen LogP contribution is -2.32. The molecule has 0 radical (unpaired) electrons. The number of rotatable bonds is 4. The maximum atomic E-state index is 8.66. The van der Waals surface area contributed by atoms with Crippen LogP contribution in [0.3, 0.4) is 0 Å². The van der Waals surface area contributed by atoms with E-state index in [1.807, 2.05) is 6.92 Å². The Balaban J connectivity index is 0. The topological polar surface area (TPSA) is 127 Å². The molecule has 5 N–H and O–H groups in total. The summed E-state index contributed by atoms with van der Waals surface area (Å²) in [6, 6.07) is 0. The Kier molecular flexibility index (Phi) is 12.6. The largest absolute Gasteiger partial charge is 0.503 e. The molecule has 0 saturated carbocycles. The second kappa shape index (κ2) is 11.6. The molecule has 1 fully saturated rings. The van der Waals surface area contributed by atoms with E-state index in [0.29, 0.717) is 6.42 Å². The average molecular weight is 254 g/mol. The van der Waals surface area contributed by atoms with Gasteiger partial charge in [0, 0.05) is 18.6 Å². The molecule has 0 atom stereocenters. The van der Waals surface area contributed by atoms with Gasteiger partial charge in [0.2, 0.25) is 0 Å². The predicted octanol–water partition coefficient (Wildman–Crippen LogP) is -0.0112. The summed E-state index contributed by atoms with van der Waals surface area (Å²) in [5, 5.41) is 39.9. The van der Waals surface area contributed by atoms with Gasteiger partial charge in [0.25, 0.3) is 0 Å². The summed E-state index contributed by atoms with van der Waals surface area (Å²) < 4.78 is 4.72. The Morgan fingerprint density at radius 1 is 1.12 bits per heavy atom. The summed E-state index contributed by atoms with van der Waals surface area (Å²) in [6.45, 7) is 3.35. The first kappa shape index (κ1) is 18.5. The average Bonchev–Trinajstić information content (AvgIpc) is 2.19. The zero-order valence-corrected chi connectivity index (χ0v) is 10.0. The van der Waals surface area contributed by atoms with E-state index >= 15 is 0 Å². The van der Waals surface area contributed by atoms with Crippen molar-refractivity contribution in [2.24, 2.45) is 5.41 Å². The molecule has 0 aromatic heterocycles. The molecule has 1 saturated heterocycles. The van der Waals surface area contributed by atoms with Crippen LogP contribution in [0.15, 0.2) is 0 Å². The quantitative estimate of drug-likeness (QED) is 0.477. The van der Waals surface area contributed by atoms with Gasteiger partial charge in [-0.15, -0.1) is 0 Å². The van der Waals surface area contributed by atoms with Crippen LogP contribution >= 0.6 is 0 Å². The summed E-state index contributed by atoms with van der Waals surface area (Å²) in [4.78, 5) is 8.56. The molecule has 0 aromatic rings. The first-order valence-electron chi connectivity index (χ1n) is 5.30. The van der Waals surface area contributed by atoms with Gasteiger partial charge in [-0.2, -0.15) is 0 Å².